The monoisotopic (exact) mass is 267 g/mol. The van der Waals surface area contributed by atoms with Crippen LogP contribution < -0.4 is 10.6 Å². The van der Waals surface area contributed by atoms with Crippen molar-refractivity contribution in [2.24, 2.45) is 5.73 Å². The van der Waals surface area contributed by atoms with Crippen molar-refractivity contribution in [1.29, 1.82) is 0 Å². The summed E-state index contributed by atoms with van der Waals surface area (Å²) >= 11 is 5.09. The van der Waals surface area contributed by atoms with Gasteiger partial charge in [-0.3, -0.25) is 0 Å². The number of anilines is 1. The van der Waals surface area contributed by atoms with Crippen LogP contribution in [0.3, 0.4) is 0 Å². The van der Waals surface area contributed by atoms with Crippen molar-refractivity contribution in [3.8, 4) is 0 Å². The largest absolute Gasteiger partial charge is 0.396 e. The summed E-state index contributed by atoms with van der Waals surface area (Å²) in [6, 6.07) is 1.91. The van der Waals surface area contributed by atoms with Crippen molar-refractivity contribution < 1.29 is 5.11 Å². The maximum Gasteiger partial charge on any atom is 0.138 e. The second-order valence-corrected chi connectivity index (χ2v) is 4.84. The van der Waals surface area contributed by atoms with Gasteiger partial charge in [-0.15, -0.1) is 0 Å². The second-order valence-electron chi connectivity index (χ2n) is 4.40. The van der Waals surface area contributed by atoms with Gasteiger partial charge in [0.15, 0.2) is 0 Å². The first kappa shape index (κ1) is 14.9. The summed E-state index contributed by atoms with van der Waals surface area (Å²) in [5, 5.41) is 8.74. The highest BCUT2D eigenvalue weighted by Crippen LogP contribution is 2.20. The molecule has 0 saturated heterocycles. The molecular weight excluding hydrogens is 246 g/mol. The summed E-state index contributed by atoms with van der Waals surface area (Å²) in [5.41, 5.74) is 7.67. The Hall–Kier alpha value is -1.20. The van der Waals surface area contributed by atoms with Crippen LogP contribution in [0.5, 0.6) is 0 Å². The van der Waals surface area contributed by atoms with E-state index in [4.69, 9.17) is 23.1 Å². The first-order valence-corrected chi connectivity index (χ1v) is 6.56. The Labute approximate surface area is 114 Å². The lowest BCUT2D eigenvalue weighted by atomic mass is 10.1. The van der Waals surface area contributed by atoms with Crippen molar-refractivity contribution in [1.82, 2.24) is 4.98 Å². The van der Waals surface area contributed by atoms with E-state index in [2.05, 4.69) is 9.88 Å². The average molecular weight is 267 g/mol. The molecule has 0 aliphatic rings. The molecule has 1 heterocycles. The Kier molecular flexibility index (Phi) is 6.01. The highest BCUT2D eigenvalue weighted by atomic mass is 32.1. The molecule has 1 aromatic rings. The molecule has 0 spiro atoms. The molecule has 100 valence electrons. The quantitative estimate of drug-likeness (QED) is 0.581. The van der Waals surface area contributed by atoms with E-state index < -0.39 is 0 Å². The zero-order valence-corrected chi connectivity index (χ0v) is 11.8. The molecule has 0 saturated carbocycles. The van der Waals surface area contributed by atoms with Gasteiger partial charge in [0.05, 0.1) is 5.56 Å². The van der Waals surface area contributed by atoms with Crippen LogP contribution in [0.2, 0.25) is 0 Å². The van der Waals surface area contributed by atoms with E-state index in [0.717, 1.165) is 42.8 Å². The van der Waals surface area contributed by atoms with Crippen LogP contribution in [0.1, 0.15) is 30.4 Å². The fourth-order valence-corrected chi connectivity index (χ4v) is 2.13. The lowest BCUT2D eigenvalue weighted by molar-refractivity contribution is 0.283. The molecule has 4 nitrogen and oxygen atoms in total. The Balaban J connectivity index is 2.76. The summed E-state index contributed by atoms with van der Waals surface area (Å²) in [5.74, 6) is 0.839. The third kappa shape index (κ3) is 3.92. The van der Waals surface area contributed by atoms with Gasteiger partial charge in [0.25, 0.3) is 0 Å². The van der Waals surface area contributed by atoms with Gasteiger partial charge < -0.3 is 15.7 Å². The highest BCUT2D eigenvalue weighted by Gasteiger charge is 2.13. The molecule has 0 amide bonds. The molecule has 0 atom stereocenters. The summed E-state index contributed by atoms with van der Waals surface area (Å²) in [6.45, 7) is 3.12. The van der Waals surface area contributed by atoms with E-state index in [1.54, 1.807) is 6.20 Å². The normalized spacial score (nSPS) is 10.4. The first-order valence-electron chi connectivity index (χ1n) is 6.15. The van der Waals surface area contributed by atoms with E-state index in [1.165, 1.54) is 0 Å². The molecular formula is C13H21N3OS. The van der Waals surface area contributed by atoms with Gasteiger partial charge in [-0.1, -0.05) is 12.2 Å². The number of nitrogens with two attached hydrogens (primary N) is 1. The highest BCUT2D eigenvalue weighted by molar-refractivity contribution is 7.80. The Morgan fingerprint density at radius 1 is 1.44 bits per heavy atom. The summed E-state index contributed by atoms with van der Waals surface area (Å²) in [6.07, 6.45) is 4.65. The SMILES string of the molecule is Cc1ccnc(N(C)CCCCCO)c1C(N)=S. The predicted molar refractivity (Wildman–Crippen MR) is 79.1 cm³/mol. The van der Waals surface area contributed by atoms with Crippen LogP contribution in [0.4, 0.5) is 5.82 Å². The topological polar surface area (TPSA) is 62.4 Å². The maximum absolute atomic E-state index is 8.74. The van der Waals surface area contributed by atoms with E-state index in [-0.39, 0.29) is 6.61 Å². The fourth-order valence-electron chi connectivity index (χ4n) is 1.88. The molecule has 0 aliphatic carbocycles. The third-order valence-corrected chi connectivity index (χ3v) is 3.10. The van der Waals surface area contributed by atoms with Crippen molar-refractivity contribution in [3.63, 3.8) is 0 Å². The minimum atomic E-state index is 0.255. The number of aliphatic hydroxyl groups excluding tert-OH is 1. The lowest BCUT2D eigenvalue weighted by Crippen LogP contribution is -2.25. The van der Waals surface area contributed by atoms with Gasteiger partial charge in [0.1, 0.15) is 10.8 Å². The Morgan fingerprint density at radius 2 is 2.17 bits per heavy atom. The molecule has 1 aromatic heterocycles. The predicted octanol–water partition coefficient (Wildman–Crippen LogP) is 1.62. The van der Waals surface area contributed by atoms with Crippen LogP contribution in [0.25, 0.3) is 0 Å². The summed E-state index contributed by atoms with van der Waals surface area (Å²) in [4.78, 5) is 6.82. The van der Waals surface area contributed by atoms with Crippen molar-refractivity contribution >= 4 is 23.0 Å². The Morgan fingerprint density at radius 3 is 2.78 bits per heavy atom. The van der Waals surface area contributed by atoms with Gasteiger partial charge >= 0.3 is 0 Å². The fraction of sp³-hybridized carbons (Fsp3) is 0.538. The molecule has 3 N–H and O–H groups in total. The summed E-state index contributed by atoms with van der Waals surface area (Å²) < 4.78 is 0. The van der Waals surface area contributed by atoms with Crippen LogP contribution in [0.15, 0.2) is 12.3 Å². The number of nitrogens with zero attached hydrogens (tertiary/aromatic N) is 2. The number of rotatable bonds is 7. The summed E-state index contributed by atoms with van der Waals surface area (Å²) in [7, 11) is 1.99. The molecule has 1 rings (SSSR count). The second kappa shape index (κ2) is 7.28. The molecule has 18 heavy (non-hydrogen) atoms. The van der Waals surface area contributed by atoms with Crippen LogP contribution in [-0.4, -0.2) is 35.3 Å². The minimum absolute atomic E-state index is 0.255. The van der Waals surface area contributed by atoms with Crippen LogP contribution in [0, 0.1) is 6.92 Å². The van der Waals surface area contributed by atoms with Crippen molar-refractivity contribution in [2.45, 2.75) is 26.2 Å². The number of aryl methyl sites for hydroxylation is 1. The Bertz CT molecular complexity index is 409. The number of aromatic nitrogens is 1. The number of unbranched alkanes of at least 4 members (excludes halogenated alkanes) is 2. The van der Waals surface area contributed by atoms with E-state index in [9.17, 15) is 0 Å². The molecule has 0 fully saturated rings. The van der Waals surface area contributed by atoms with Gasteiger partial charge in [-0.2, -0.15) is 0 Å². The van der Waals surface area contributed by atoms with E-state index >= 15 is 0 Å². The van der Waals surface area contributed by atoms with Gasteiger partial charge in [0.2, 0.25) is 0 Å². The molecule has 5 heteroatoms. The number of aliphatic hydroxyl groups is 1. The zero-order chi connectivity index (χ0) is 13.5. The van der Waals surface area contributed by atoms with Crippen molar-refractivity contribution in [3.05, 3.63) is 23.4 Å². The van der Waals surface area contributed by atoms with Gasteiger partial charge in [-0.25, -0.2) is 4.98 Å². The molecule has 0 bridgehead atoms. The van der Waals surface area contributed by atoms with E-state index in [1.807, 2.05) is 20.0 Å². The molecule has 0 radical (unpaired) electrons. The van der Waals surface area contributed by atoms with Crippen LogP contribution >= 0.6 is 12.2 Å². The average Bonchev–Trinajstić information content (AvgIpc) is 2.33. The number of hydrogen-bond donors (Lipinski definition) is 2. The smallest absolute Gasteiger partial charge is 0.138 e. The molecule has 0 unspecified atom stereocenters. The maximum atomic E-state index is 8.74. The van der Waals surface area contributed by atoms with E-state index in [0.29, 0.717) is 4.99 Å². The number of thiocarbonyl (C=S) groups is 1. The first-order chi connectivity index (χ1) is 8.57. The van der Waals surface area contributed by atoms with Gasteiger partial charge in [0, 0.05) is 26.4 Å². The number of hydrogen-bond acceptors (Lipinski definition) is 4. The van der Waals surface area contributed by atoms with Gasteiger partial charge in [-0.05, 0) is 37.8 Å². The molecule has 0 aliphatic heterocycles. The van der Waals surface area contributed by atoms with Crippen molar-refractivity contribution in [2.75, 3.05) is 25.1 Å². The third-order valence-electron chi connectivity index (χ3n) is 2.90. The van der Waals surface area contributed by atoms with Crippen LogP contribution in [-0.2, 0) is 0 Å². The standard InChI is InChI=1S/C13H21N3OS/c1-10-6-7-15-13(11(10)12(14)18)16(2)8-4-3-5-9-17/h6-7,17H,3-5,8-9H2,1-2H3,(H2,14,18). The zero-order valence-electron chi connectivity index (χ0n) is 11.0. The lowest BCUT2D eigenvalue weighted by Gasteiger charge is -2.21. The number of pyridine rings is 1. The minimum Gasteiger partial charge on any atom is -0.396 e. The molecule has 0 aromatic carbocycles.